The monoisotopic (exact) mass is 492 g/mol. The van der Waals surface area contributed by atoms with Crippen LogP contribution >= 0.6 is 11.3 Å². The van der Waals surface area contributed by atoms with Crippen LogP contribution in [-0.4, -0.2) is 41.4 Å². The van der Waals surface area contributed by atoms with Crippen LogP contribution in [0.2, 0.25) is 0 Å². The number of nitriles is 2. The Morgan fingerprint density at radius 3 is 2.60 bits per heavy atom. The van der Waals surface area contributed by atoms with Gasteiger partial charge in [0.2, 0.25) is 0 Å². The number of nitrogen functional groups attached to an aromatic ring is 1. The molecule has 11 heteroatoms. The minimum absolute atomic E-state index is 0.0205. The number of hydrogen-bond donors (Lipinski definition) is 2. The largest absolute Gasteiger partial charge is 0.467 e. The zero-order chi connectivity index (χ0) is 25.0. The quantitative estimate of drug-likeness (QED) is 0.435. The summed E-state index contributed by atoms with van der Waals surface area (Å²) in [6.45, 7) is 0. The number of aliphatic hydroxyl groups excluding tert-OH is 1. The van der Waals surface area contributed by atoms with Crippen molar-refractivity contribution in [3.63, 3.8) is 0 Å². The molecule has 0 spiro atoms. The fraction of sp³-hybridized carbons (Fsp3) is 0.250. The van der Waals surface area contributed by atoms with Crippen LogP contribution in [0.1, 0.15) is 24.0 Å². The van der Waals surface area contributed by atoms with E-state index < -0.39 is 17.7 Å². The summed E-state index contributed by atoms with van der Waals surface area (Å²) in [6, 6.07) is 7.85. The van der Waals surface area contributed by atoms with Gasteiger partial charge in [0.15, 0.2) is 5.82 Å². The molecule has 0 aliphatic heterocycles. The third kappa shape index (κ3) is 3.40. The second kappa shape index (κ2) is 8.31. The molecule has 2 aromatic heterocycles. The highest BCUT2D eigenvalue weighted by Gasteiger charge is 2.33. The van der Waals surface area contributed by atoms with Gasteiger partial charge in [-0.1, -0.05) is 6.07 Å². The van der Waals surface area contributed by atoms with Crippen molar-refractivity contribution in [2.45, 2.75) is 25.0 Å². The summed E-state index contributed by atoms with van der Waals surface area (Å²) < 4.78 is 36.1. The second-order valence-electron chi connectivity index (χ2n) is 8.30. The first-order valence-electron chi connectivity index (χ1n) is 10.6. The number of methoxy groups -OCH3 is 1. The Morgan fingerprint density at radius 1 is 1.23 bits per heavy atom. The molecule has 0 bridgehead atoms. The number of ether oxygens (including phenoxy) is 1. The summed E-state index contributed by atoms with van der Waals surface area (Å²) in [5.74, 6) is -1.07. The molecule has 2 heterocycles. The lowest BCUT2D eigenvalue weighted by Crippen LogP contribution is -2.45. The second-order valence-corrected chi connectivity index (χ2v) is 9.35. The average Bonchev–Trinajstić information content (AvgIpc) is 3.18. The Labute approximate surface area is 202 Å². The molecule has 0 unspecified atom stereocenters. The van der Waals surface area contributed by atoms with Crippen molar-refractivity contribution in [3.8, 4) is 29.3 Å². The number of halogens is 2. The fourth-order valence-electron chi connectivity index (χ4n) is 4.46. The Bertz CT molecular complexity index is 1600. The standard InChI is InChI=1S/C24H18F2N6O2S/c1-32(11-6-12(33)7-11)23-14-5-10(8-27)17(19(26)20(14)30-24(31-23)34-2)13-3-4-16(25)21-18(13)15(9-28)22(29)35-21/h3-5,11-12,33H,6-7,29H2,1-2H3. The topological polar surface area (TPSA) is 132 Å². The highest BCUT2D eigenvalue weighted by Crippen LogP contribution is 2.44. The first-order valence-corrected chi connectivity index (χ1v) is 11.4. The molecular formula is C24H18F2N6O2S. The zero-order valence-electron chi connectivity index (χ0n) is 18.6. The highest BCUT2D eigenvalue weighted by atomic mass is 32.1. The number of benzene rings is 2. The summed E-state index contributed by atoms with van der Waals surface area (Å²) in [4.78, 5) is 10.4. The summed E-state index contributed by atoms with van der Waals surface area (Å²) in [5, 5.41) is 29.9. The molecule has 35 heavy (non-hydrogen) atoms. The molecule has 0 atom stereocenters. The number of nitrogens with two attached hydrogens (primary N) is 1. The van der Waals surface area contributed by atoms with E-state index in [0.29, 0.717) is 18.7 Å². The van der Waals surface area contributed by atoms with Gasteiger partial charge in [0.1, 0.15) is 28.2 Å². The molecule has 2 aromatic carbocycles. The number of fused-ring (bicyclic) bond motifs is 2. The molecule has 1 aliphatic rings. The highest BCUT2D eigenvalue weighted by molar-refractivity contribution is 7.23. The van der Waals surface area contributed by atoms with Gasteiger partial charge in [-0.3, -0.25) is 0 Å². The van der Waals surface area contributed by atoms with E-state index in [1.807, 2.05) is 17.0 Å². The smallest absolute Gasteiger partial charge is 0.318 e. The Hall–Kier alpha value is -4.06. The van der Waals surface area contributed by atoms with Gasteiger partial charge in [-0.05, 0) is 30.5 Å². The summed E-state index contributed by atoms with van der Waals surface area (Å²) in [5.41, 5.74) is 5.88. The van der Waals surface area contributed by atoms with E-state index in [-0.39, 0.29) is 60.3 Å². The number of aliphatic hydroxyl groups is 1. The van der Waals surface area contributed by atoms with Gasteiger partial charge in [0.05, 0.1) is 35.1 Å². The van der Waals surface area contributed by atoms with Crippen LogP contribution in [0.3, 0.4) is 0 Å². The van der Waals surface area contributed by atoms with E-state index in [1.165, 1.54) is 19.2 Å². The van der Waals surface area contributed by atoms with Crippen molar-refractivity contribution < 1.29 is 18.6 Å². The SMILES string of the molecule is COc1nc(N(C)C2CC(O)C2)c2cc(C#N)c(-c3ccc(F)c4sc(N)c(C#N)c34)c(F)c2n1. The molecule has 0 radical (unpaired) electrons. The maximum absolute atomic E-state index is 16.2. The van der Waals surface area contributed by atoms with Gasteiger partial charge < -0.3 is 20.5 Å². The number of aromatic nitrogens is 2. The maximum Gasteiger partial charge on any atom is 0.318 e. The lowest BCUT2D eigenvalue weighted by molar-refractivity contribution is 0.0749. The van der Waals surface area contributed by atoms with E-state index in [0.717, 1.165) is 17.4 Å². The van der Waals surface area contributed by atoms with E-state index in [9.17, 15) is 20.0 Å². The van der Waals surface area contributed by atoms with Gasteiger partial charge in [-0.25, -0.2) is 8.78 Å². The molecule has 3 N–H and O–H groups in total. The van der Waals surface area contributed by atoms with Crippen LogP contribution in [0.15, 0.2) is 18.2 Å². The van der Waals surface area contributed by atoms with Crippen LogP contribution in [0.4, 0.5) is 19.6 Å². The fourth-order valence-corrected chi connectivity index (χ4v) is 5.41. The van der Waals surface area contributed by atoms with E-state index in [2.05, 4.69) is 9.97 Å². The summed E-state index contributed by atoms with van der Waals surface area (Å²) in [6.07, 6.45) is 0.642. The molecule has 8 nitrogen and oxygen atoms in total. The molecule has 176 valence electrons. The van der Waals surface area contributed by atoms with Crippen LogP contribution in [-0.2, 0) is 0 Å². The molecule has 1 aliphatic carbocycles. The minimum atomic E-state index is -0.829. The van der Waals surface area contributed by atoms with Crippen molar-refractivity contribution in [3.05, 3.63) is 41.0 Å². The van der Waals surface area contributed by atoms with E-state index in [4.69, 9.17) is 10.5 Å². The van der Waals surface area contributed by atoms with Crippen molar-refractivity contribution >= 4 is 43.1 Å². The minimum Gasteiger partial charge on any atom is -0.467 e. The molecular weight excluding hydrogens is 474 g/mol. The van der Waals surface area contributed by atoms with Crippen LogP contribution in [0.5, 0.6) is 6.01 Å². The van der Waals surface area contributed by atoms with Crippen LogP contribution in [0, 0.1) is 34.3 Å². The third-order valence-electron chi connectivity index (χ3n) is 6.36. The van der Waals surface area contributed by atoms with Crippen molar-refractivity contribution in [2.24, 2.45) is 0 Å². The van der Waals surface area contributed by atoms with Gasteiger partial charge in [-0.15, -0.1) is 11.3 Å². The van der Waals surface area contributed by atoms with Gasteiger partial charge >= 0.3 is 6.01 Å². The normalized spacial score (nSPS) is 17.1. The molecule has 0 amide bonds. The number of hydrogen-bond acceptors (Lipinski definition) is 9. The Morgan fingerprint density at radius 2 is 1.97 bits per heavy atom. The van der Waals surface area contributed by atoms with Crippen molar-refractivity contribution in [1.82, 2.24) is 9.97 Å². The van der Waals surface area contributed by atoms with Gasteiger partial charge in [0, 0.05) is 29.4 Å². The maximum atomic E-state index is 16.2. The Kier molecular flexibility index (Phi) is 5.39. The third-order valence-corrected chi connectivity index (χ3v) is 7.39. The van der Waals surface area contributed by atoms with Crippen molar-refractivity contribution in [2.75, 3.05) is 24.8 Å². The molecule has 4 aromatic rings. The first-order chi connectivity index (χ1) is 16.8. The zero-order valence-corrected chi connectivity index (χ0v) is 19.5. The average molecular weight is 493 g/mol. The molecule has 1 fully saturated rings. The first kappa shape index (κ1) is 22.7. The van der Waals surface area contributed by atoms with Crippen LogP contribution < -0.4 is 15.4 Å². The predicted octanol–water partition coefficient (Wildman–Crippen LogP) is 4.08. The number of thiophene rings is 1. The lowest BCUT2D eigenvalue weighted by Gasteiger charge is -2.39. The lowest BCUT2D eigenvalue weighted by atomic mass is 9.88. The number of nitrogens with zero attached hydrogens (tertiary/aromatic N) is 5. The molecule has 0 saturated heterocycles. The summed E-state index contributed by atoms with van der Waals surface area (Å²) >= 11 is 0.889. The number of anilines is 2. The number of rotatable bonds is 4. The molecule has 1 saturated carbocycles. The van der Waals surface area contributed by atoms with Gasteiger partial charge in [-0.2, -0.15) is 20.5 Å². The summed E-state index contributed by atoms with van der Waals surface area (Å²) in [7, 11) is 3.13. The van der Waals surface area contributed by atoms with E-state index >= 15 is 4.39 Å². The Balaban J connectivity index is 1.84. The van der Waals surface area contributed by atoms with E-state index in [1.54, 1.807) is 7.05 Å². The molecule has 5 rings (SSSR count). The predicted molar refractivity (Wildman–Crippen MR) is 128 cm³/mol. The van der Waals surface area contributed by atoms with Crippen LogP contribution in [0.25, 0.3) is 32.1 Å². The van der Waals surface area contributed by atoms with Crippen molar-refractivity contribution in [1.29, 1.82) is 10.5 Å². The van der Waals surface area contributed by atoms with Gasteiger partial charge in [0.25, 0.3) is 0 Å².